The van der Waals surface area contributed by atoms with E-state index in [1.165, 1.54) is 7.05 Å². The highest BCUT2D eigenvalue weighted by Crippen LogP contribution is 2.33. The molecular weight excluding hydrogens is 297 g/mol. The van der Waals surface area contributed by atoms with Crippen LogP contribution in [0.3, 0.4) is 0 Å². The number of halogens is 2. The zero-order valence-corrected chi connectivity index (χ0v) is 10.6. The lowest BCUT2D eigenvalue weighted by Crippen LogP contribution is -2.21. The fourth-order valence-corrected chi connectivity index (χ4v) is 2.07. The molecule has 0 saturated heterocycles. The van der Waals surface area contributed by atoms with E-state index < -0.39 is 6.09 Å². The average molecular weight is 305 g/mol. The van der Waals surface area contributed by atoms with Crippen LogP contribution in [0.5, 0.6) is 5.95 Å². The van der Waals surface area contributed by atoms with Gasteiger partial charge in [-0.3, -0.25) is 0 Å². The lowest BCUT2D eigenvalue weighted by atomic mass is 10.2. The number of carbonyl (C=O) groups excluding carboxylic acids is 1. The predicted octanol–water partition coefficient (Wildman–Crippen LogP) is 3.57. The van der Waals surface area contributed by atoms with Gasteiger partial charge in [0, 0.05) is 23.0 Å². The van der Waals surface area contributed by atoms with Gasteiger partial charge < -0.3 is 14.5 Å². The molecule has 6 heteroatoms. The molecular formula is C10H7BrClNO3. The minimum absolute atomic E-state index is 0.106. The van der Waals surface area contributed by atoms with Gasteiger partial charge in [0.1, 0.15) is 5.58 Å². The van der Waals surface area contributed by atoms with Gasteiger partial charge in [0.15, 0.2) is 0 Å². The minimum Gasteiger partial charge on any atom is -0.425 e. The molecule has 1 aromatic carbocycles. The Morgan fingerprint density at radius 3 is 2.94 bits per heavy atom. The monoisotopic (exact) mass is 303 g/mol. The van der Waals surface area contributed by atoms with E-state index in [9.17, 15) is 4.79 Å². The van der Waals surface area contributed by atoms with Crippen molar-refractivity contribution in [3.8, 4) is 5.95 Å². The molecule has 4 nitrogen and oxygen atoms in total. The number of hydrogen-bond donors (Lipinski definition) is 1. The van der Waals surface area contributed by atoms with E-state index >= 15 is 0 Å². The highest BCUT2D eigenvalue weighted by atomic mass is 79.9. The number of ether oxygens (including phenoxy) is 1. The maximum Gasteiger partial charge on any atom is 0.414 e. The second-order valence-corrected chi connectivity index (χ2v) is 4.33. The number of furan rings is 1. The molecule has 0 bridgehead atoms. The lowest BCUT2D eigenvalue weighted by Gasteiger charge is -1.96. The maximum atomic E-state index is 11.0. The van der Waals surface area contributed by atoms with Crippen LogP contribution in [-0.4, -0.2) is 13.1 Å². The molecule has 84 valence electrons. The Morgan fingerprint density at radius 2 is 2.25 bits per heavy atom. The number of rotatable bonds is 1. The molecule has 0 atom stereocenters. The summed E-state index contributed by atoms with van der Waals surface area (Å²) in [5.41, 5.74) is 0.554. The molecule has 1 heterocycles. The van der Waals surface area contributed by atoms with Gasteiger partial charge in [-0.2, -0.15) is 0 Å². The Labute approximate surface area is 105 Å². The zero-order chi connectivity index (χ0) is 11.7. The molecule has 1 N–H and O–H groups in total. The largest absolute Gasteiger partial charge is 0.425 e. The number of hydrogen-bond acceptors (Lipinski definition) is 3. The molecule has 0 aliphatic heterocycles. The summed E-state index contributed by atoms with van der Waals surface area (Å²) in [6, 6.07) is 5.06. The van der Waals surface area contributed by atoms with Crippen LogP contribution < -0.4 is 10.1 Å². The van der Waals surface area contributed by atoms with E-state index in [2.05, 4.69) is 21.2 Å². The van der Waals surface area contributed by atoms with E-state index in [-0.39, 0.29) is 5.95 Å². The molecule has 0 saturated carbocycles. The molecule has 1 aromatic heterocycles. The summed E-state index contributed by atoms with van der Waals surface area (Å²) in [5, 5.41) is 3.55. The van der Waals surface area contributed by atoms with E-state index in [4.69, 9.17) is 20.8 Å². The molecule has 0 spiro atoms. The van der Waals surface area contributed by atoms with Gasteiger partial charge in [0.2, 0.25) is 0 Å². The Morgan fingerprint density at radius 1 is 1.50 bits per heavy atom. The van der Waals surface area contributed by atoms with Gasteiger partial charge in [-0.1, -0.05) is 27.5 Å². The highest BCUT2D eigenvalue weighted by molar-refractivity contribution is 9.10. The summed E-state index contributed by atoms with van der Waals surface area (Å²) in [4.78, 5) is 11.0. The number of nitrogens with one attached hydrogen (secondary N) is 1. The first kappa shape index (κ1) is 11.3. The first-order chi connectivity index (χ1) is 7.60. The van der Waals surface area contributed by atoms with Crippen molar-refractivity contribution in [3.05, 3.63) is 27.7 Å². The van der Waals surface area contributed by atoms with Crippen LogP contribution in [-0.2, 0) is 0 Å². The lowest BCUT2D eigenvalue weighted by molar-refractivity contribution is 0.191. The SMILES string of the molecule is CNC(=O)Oc1cc2c(Cl)cc(Br)cc2o1. The molecule has 2 rings (SSSR count). The van der Waals surface area contributed by atoms with Crippen LogP contribution >= 0.6 is 27.5 Å². The van der Waals surface area contributed by atoms with Gasteiger partial charge in [-0.15, -0.1) is 0 Å². The van der Waals surface area contributed by atoms with Gasteiger partial charge in [-0.05, 0) is 12.1 Å². The Hall–Kier alpha value is -1.20. The van der Waals surface area contributed by atoms with Crippen LogP contribution in [0, 0.1) is 0 Å². The summed E-state index contributed by atoms with van der Waals surface area (Å²) in [5.74, 6) is 0.106. The minimum atomic E-state index is -0.589. The fourth-order valence-electron chi connectivity index (χ4n) is 1.23. The molecule has 0 unspecified atom stereocenters. The smallest absolute Gasteiger partial charge is 0.414 e. The van der Waals surface area contributed by atoms with Gasteiger partial charge in [0.25, 0.3) is 5.95 Å². The van der Waals surface area contributed by atoms with Crippen LogP contribution in [0.15, 0.2) is 27.1 Å². The van der Waals surface area contributed by atoms with Crippen molar-refractivity contribution < 1.29 is 13.9 Å². The van der Waals surface area contributed by atoms with Gasteiger partial charge >= 0.3 is 6.09 Å². The Bertz CT molecular complexity index is 552. The standard InChI is InChI=1S/C10H7BrClNO3/c1-13-10(14)16-9-4-6-7(12)2-5(11)3-8(6)15-9/h2-4H,1H3,(H,13,14). The second-order valence-electron chi connectivity index (χ2n) is 3.00. The molecule has 0 fully saturated rings. The number of fused-ring (bicyclic) bond motifs is 1. The van der Waals surface area contributed by atoms with Crippen molar-refractivity contribution in [2.45, 2.75) is 0 Å². The third-order valence-electron chi connectivity index (χ3n) is 1.93. The summed E-state index contributed by atoms with van der Waals surface area (Å²) < 4.78 is 11.0. The predicted molar refractivity (Wildman–Crippen MR) is 64.0 cm³/mol. The van der Waals surface area contributed by atoms with Crippen molar-refractivity contribution >= 4 is 44.6 Å². The first-order valence-electron chi connectivity index (χ1n) is 4.38. The number of carbonyl (C=O) groups is 1. The third kappa shape index (κ3) is 2.15. The molecule has 0 aliphatic carbocycles. The van der Waals surface area contributed by atoms with E-state index in [0.29, 0.717) is 16.0 Å². The topological polar surface area (TPSA) is 51.5 Å². The summed E-state index contributed by atoms with van der Waals surface area (Å²) in [6.45, 7) is 0. The van der Waals surface area contributed by atoms with Crippen LogP contribution in [0.25, 0.3) is 11.0 Å². The normalized spacial score (nSPS) is 10.4. The van der Waals surface area contributed by atoms with Crippen molar-refractivity contribution in [2.24, 2.45) is 0 Å². The molecule has 1 amide bonds. The molecule has 0 aliphatic rings. The van der Waals surface area contributed by atoms with E-state index in [0.717, 1.165) is 4.47 Å². The van der Waals surface area contributed by atoms with Crippen molar-refractivity contribution in [1.82, 2.24) is 5.32 Å². The highest BCUT2D eigenvalue weighted by Gasteiger charge is 2.11. The Kier molecular flexibility index (Phi) is 3.07. The number of amides is 1. The van der Waals surface area contributed by atoms with Crippen LogP contribution in [0.4, 0.5) is 4.79 Å². The van der Waals surface area contributed by atoms with Gasteiger partial charge in [0.05, 0.1) is 5.02 Å². The molecule has 2 aromatic rings. The van der Waals surface area contributed by atoms with E-state index in [1.807, 2.05) is 0 Å². The van der Waals surface area contributed by atoms with Crippen molar-refractivity contribution in [2.75, 3.05) is 7.05 Å². The summed E-state index contributed by atoms with van der Waals surface area (Å²) in [6.07, 6.45) is -0.589. The van der Waals surface area contributed by atoms with Crippen molar-refractivity contribution in [3.63, 3.8) is 0 Å². The first-order valence-corrected chi connectivity index (χ1v) is 5.55. The molecule has 16 heavy (non-hydrogen) atoms. The zero-order valence-electron chi connectivity index (χ0n) is 8.21. The van der Waals surface area contributed by atoms with Gasteiger partial charge in [-0.25, -0.2) is 4.79 Å². The second kappa shape index (κ2) is 4.35. The Balaban J connectivity index is 2.44. The molecule has 0 radical (unpaired) electrons. The third-order valence-corrected chi connectivity index (χ3v) is 2.70. The quantitative estimate of drug-likeness (QED) is 0.876. The fraction of sp³-hybridized carbons (Fsp3) is 0.100. The van der Waals surface area contributed by atoms with Crippen LogP contribution in [0.1, 0.15) is 0 Å². The average Bonchev–Trinajstić information content (AvgIpc) is 2.60. The van der Waals surface area contributed by atoms with E-state index in [1.54, 1.807) is 18.2 Å². The summed E-state index contributed by atoms with van der Waals surface area (Å²) >= 11 is 9.29. The number of benzene rings is 1. The van der Waals surface area contributed by atoms with Crippen molar-refractivity contribution in [1.29, 1.82) is 0 Å². The van der Waals surface area contributed by atoms with Crippen LogP contribution in [0.2, 0.25) is 5.02 Å². The summed E-state index contributed by atoms with van der Waals surface area (Å²) in [7, 11) is 1.47. The maximum absolute atomic E-state index is 11.0.